The minimum absolute atomic E-state index is 0.111. The Morgan fingerprint density at radius 3 is 2.66 bits per heavy atom. The molecule has 0 aliphatic rings. The van der Waals surface area contributed by atoms with Crippen molar-refractivity contribution in [1.29, 1.82) is 0 Å². The molecule has 4 aromatic rings. The summed E-state index contributed by atoms with van der Waals surface area (Å²) in [4.78, 5) is 22.1. The number of anilines is 1. The molecule has 0 saturated heterocycles. The van der Waals surface area contributed by atoms with Crippen molar-refractivity contribution in [2.75, 3.05) is 12.4 Å². The van der Waals surface area contributed by atoms with E-state index in [1.807, 2.05) is 48.9 Å². The minimum atomic E-state index is -0.274. The topological polar surface area (TPSA) is 81.9 Å². The molecule has 4 rings (SSSR count). The van der Waals surface area contributed by atoms with E-state index in [0.29, 0.717) is 33.9 Å². The highest BCUT2D eigenvalue weighted by atomic mass is 16.5. The highest BCUT2D eigenvalue weighted by Crippen LogP contribution is 2.28. The molecule has 0 saturated carbocycles. The molecule has 0 atom stereocenters. The molecule has 0 fully saturated rings. The lowest BCUT2D eigenvalue weighted by Gasteiger charge is -2.12. The zero-order chi connectivity index (χ0) is 20.4. The Bertz CT molecular complexity index is 1170. The molecule has 1 amide bonds. The molecule has 0 aliphatic carbocycles. The van der Waals surface area contributed by atoms with Crippen LogP contribution in [0.1, 0.15) is 30.2 Å². The number of benzene rings is 1. The zero-order valence-electron chi connectivity index (χ0n) is 16.5. The van der Waals surface area contributed by atoms with Crippen molar-refractivity contribution in [1.82, 2.24) is 19.7 Å². The molecule has 0 aliphatic heterocycles. The van der Waals surface area contributed by atoms with Gasteiger partial charge in [0.25, 0.3) is 5.91 Å². The molecule has 3 aromatic heterocycles. The van der Waals surface area contributed by atoms with Gasteiger partial charge in [0.2, 0.25) is 5.88 Å². The first-order chi connectivity index (χ1) is 14.1. The molecule has 7 heteroatoms. The first-order valence-corrected chi connectivity index (χ1v) is 9.32. The van der Waals surface area contributed by atoms with E-state index in [1.54, 1.807) is 30.6 Å². The summed E-state index contributed by atoms with van der Waals surface area (Å²) in [6, 6.07) is 15.2. The number of rotatable bonds is 5. The number of carbonyl (C=O) groups is 1. The van der Waals surface area contributed by atoms with Gasteiger partial charge in [0.15, 0.2) is 5.65 Å². The zero-order valence-corrected chi connectivity index (χ0v) is 16.5. The second-order valence-corrected chi connectivity index (χ2v) is 6.86. The molecule has 1 N–H and O–H groups in total. The third-order valence-electron chi connectivity index (χ3n) is 4.58. The van der Waals surface area contributed by atoms with Gasteiger partial charge in [-0.25, -0.2) is 14.6 Å². The van der Waals surface area contributed by atoms with Gasteiger partial charge >= 0.3 is 0 Å². The van der Waals surface area contributed by atoms with Gasteiger partial charge in [0.05, 0.1) is 30.0 Å². The van der Waals surface area contributed by atoms with Crippen LogP contribution in [0.15, 0.2) is 60.9 Å². The largest absolute Gasteiger partial charge is 0.480 e. The van der Waals surface area contributed by atoms with Gasteiger partial charge in [-0.3, -0.25) is 4.79 Å². The third kappa shape index (κ3) is 3.54. The van der Waals surface area contributed by atoms with Crippen LogP contribution >= 0.6 is 0 Å². The van der Waals surface area contributed by atoms with Crippen LogP contribution in [0.4, 0.5) is 5.69 Å². The van der Waals surface area contributed by atoms with Crippen LogP contribution in [0, 0.1) is 0 Å². The van der Waals surface area contributed by atoms with Crippen molar-refractivity contribution in [3.63, 3.8) is 0 Å². The standard InChI is InChI=1S/C22H21N5O2/c1-14(2)27-20-17(13-24-27)16(12-19(25-20)15-8-5-4-6-9-15)21(28)26-18-10-7-11-23-22(18)29-3/h4-14H,1-3H3,(H,26,28). The van der Waals surface area contributed by atoms with Crippen molar-refractivity contribution in [3.8, 4) is 17.1 Å². The van der Waals surface area contributed by atoms with Crippen LogP contribution in [-0.2, 0) is 0 Å². The van der Waals surface area contributed by atoms with Gasteiger partial charge in [-0.1, -0.05) is 30.3 Å². The van der Waals surface area contributed by atoms with Crippen molar-refractivity contribution >= 4 is 22.6 Å². The van der Waals surface area contributed by atoms with E-state index in [1.165, 1.54) is 7.11 Å². The summed E-state index contributed by atoms with van der Waals surface area (Å²) in [7, 11) is 1.52. The lowest BCUT2D eigenvalue weighted by Crippen LogP contribution is -2.14. The number of nitrogens with one attached hydrogen (secondary N) is 1. The Kier molecular flexibility index (Phi) is 4.95. The van der Waals surface area contributed by atoms with Crippen LogP contribution in [0.2, 0.25) is 0 Å². The molecule has 0 spiro atoms. The molecular formula is C22H21N5O2. The summed E-state index contributed by atoms with van der Waals surface area (Å²) >= 11 is 0. The number of nitrogens with zero attached hydrogens (tertiary/aromatic N) is 4. The monoisotopic (exact) mass is 387 g/mol. The first kappa shape index (κ1) is 18.6. The van der Waals surface area contributed by atoms with Crippen LogP contribution < -0.4 is 10.1 Å². The number of hydrogen-bond donors (Lipinski definition) is 1. The fraction of sp³-hybridized carbons (Fsp3) is 0.182. The number of aromatic nitrogens is 4. The number of fused-ring (bicyclic) bond motifs is 1. The summed E-state index contributed by atoms with van der Waals surface area (Å²) in [6.07, 6.45) is 3.30. The van der Waals surface area contributed by atoms with Gasteiger partial charge in [-0.05, 0) is 32.0 Å². The predicted octanol–water partition coefficient (Wildman–Crippen LogP) is 4.34. The lowest BCUT2D eigenvalue weighted by molar-refractivity contribution is 0.102. The van der Waals surface area contributed by atoms with E-state index < -0.39 is 0 Å². The third-order valence-corrected chi connectivity index (χ3v) is 4.58. The summed E-state index contributed by atoms with van der Waals surface area (Å²) in [6.45, 7) is 4.06. The van der Waals surface area contributed by atoms with E-state index in [-0.39, 0.29) is 11.9 Å². The number of methoxy groups -OCH3 is 1. The number of amides is 1. The maximum atomic E-state index is 13.2. The molecule has 0 radical (unpaired) electrons. The molecule has 7 nitrogen and oxygen atoms in total. The normalized spacial score (nSPS) is 11.0. The SMILES string of the molecule is COc1ncccc1NC(=O)c1cc(-c2ccccc2)nc2c1cnn2C(C)C. The maximum absolute atomic E-state index is 13.2. The average molecular weight is 387 g/mol. The number of ether oxygens (including phenoxy) is 1. The smallest absolute Gasteiger partial charge is 0.256 e. The van der Waals surface area contributed by atoms with E-state index in [2.05, 4.69) is 15.4 Å². The summed E-state index contributed by atoms with van der Waals surface area (Å²) in [5.41, 5.74) is 3.31. The van der Waals surface area contributed by atoms with Crippen LogP contribution in [-0.4, -0.2) is 32.8 Å². The van der Waals surface area contributed by atoms with Crippen molar-refractivity contribution in [2.45, 2.75) is 19.9 Å². The van der Waals surface area contributed by atoms with Gasteiger partial charge < -0.3 is 10.1 Å². The Morgan fingerprint density at radius 1 is 1.14 bits per heavy atom. The van der Waals surface area contributed by atoms with Crippen molar-refractivity contribution in [2.24, 2.45) is 0 Å². The Balaban J connectivity index is 1.85. The number of pyridine rings is 2. The molecule has 1 aromatic carbocycles. The molecule has 29 heavy (non-hydrogen) atoms. The second kappa shape index (κ2) is 7.71. The predicted molar refractivity (Wildman–Crippen MR) is 112 cm³/mol. The first-order valence-electron chi connectivity index (χ1n) is 9.32. The molecule has 3 heterocycles. The number of carbonyl (C=O) groups excluding carboxylic acids is 1. The Morgan fingerprint density at radius 2 is 1.93 bits per heavy atom. The summed E-state index contributed by atoms with van der Waals surface area (Å²) in [5, 5.41) is 8.04. The Labute approximate surface area is 168 Å². The minimum Gasteiger partial charge on any atom is -0.480 e. The number of hydrogen-bond acceptors (Lipinski definition) is 5. The van der Waals surface area contributed by atoms with Gasteiger partial charge in [0, 0.05) is 17.8 Å². The lowest BCUT2D eigenvalue weighted by atomic mass is 10.1. The quantitative estimate of drug-likeness (QED) is 0.551. The van der Waals surface area contributed by atoms with Crippen LogP contribution in [0.5, 0.6) is 5.88 Å². The molecular weight excluding hydrogens is 366 g/mol. The molecule has 146 valence electrons. The fourth-order valence-corrected chi connectivity index (χ4v) is 3.18. The highest BCUT2D eigenvalue weighted by molar-refractivity contribution is 6.13. The van der Waals surface area contributed by atoms with Crippen molar-refractivity contribution < 1.29 is 9.53 Å². The van der Waals surface area contributed by atoms with Crippen LogP contribution in [0.3, 0.4) is 0 Å². The van der Waals surface area contributed by atoms with Gasteiger partial charge in [-0.2, -0.15) is 5.10 Å². The van der Waals surface area contributed by atoms with E-state index in [9.17, 15) is 4.79 Å². The summed E-state index contributed by atoms with van der Waals surface area (Å²) in [5.74, 6) is 0.0801. The summed E-state index contributed by atoms with van der Waals surface area (Å²) < 4.78 is 7.07. The maximum Gasteiger partial charge on any atom is 0.256 e. The van der Waals surface area contributed by atoms with Crippen LogP contribution in [0.25, 0.3) is 22.3 Å². The average Bonchev–Trinajstić information content (AvgIpc) is 3.18. The van der Waals surface area contributed by atoms with E-state index in [4.69, 9.17) is 9.72 Å². The van der Waals surface area contributed by atoms with E-state index in [0.717, 1.165) is 5.56 Å². The molecule has 0 unspecified atom stereocenters. The van der Waals surface area contributed by atoms with Gasteiger partial charge in [0.1, 0.15) is 5.69 Å². The highest BCUT2D eigenvalue weighted by Gasteiger charge is 2.19. The van der Waals surface area contributed by atoms with Crippen molar-refractivity contribution in [3.05, 3.63) is 66.5 Å². The van der Waals surface area contributed by atoms with Gasteiger partial charge in [-0.15, -0.1) is 0 Å². The fourth-order valence-electron chi connectivity index (χ4n) is 3.18. The second-order valence-electron chi connectivity index (χ2n) is 6.86. The molecule has 0 bridgehead atoms. The Hall–Kier alpha value is -3.74. The van der Waals surface area contributed by atoms with E-state index >= 15 is 0 Å².